The number of benzene rings is 1. The lowest BCUT2D eigenvalue weighted by molar-refractivity contribution is 1.33. The van der Waals surface area contributed by atoms with Gasteiger partial charge < -0.3 is 5.73 Å². The smallest absolute Gasteiger partial charge is 0.0317 e. The number of nitrogens with two attached hydrogens (primary N) is 1. The van der Waals surface area contributed by atoms with Crippen LogP contribution >= 0.6 is 0 Å². The molecule has 1 aromatic rings. The molecule has 0 amide bonds. The molecule has 0 aliphatic rings. The molecule has 0 spiro atoms. The number of aryl methyl sites for hydroxylation is 1. The van der Waals surface area contributed by atoms with Gasteiger partial charge in [-0.1, -0.05) is 13.0 Å². The molecule has 0 aromatic heterocycles. The second-order valence-electron chi connectivity index (χ2n) is 2.40. The summed E-state index contributed by atoms with van der Waals surface area (Å²) in [5, 5.41) is 0. The lowest BCUT2D eigenvalue weighted by Gasteiger charge is -2.01. The lowest BCUT2D eigenvalue weighted by atomic mass is 10.1. The molecule has 0 aliphatic heterocycles. The van der Waals surface area contributed by atoms with Gasteiger partial charge in [0.1, 0.15) is 0 Å². The number of nitrogen functional groups attached to an aromatic ring is 1. The first-order valence-corrected chi connectivity index (χ1v) is 3.39. The van der Waals surface area contributed by atoms with Crippen molar-refractivity contribution in [2.75, 3.05) is 5.73 Å². The van der Waals surface area contributed by atoms with E-state index < -0.39 is 0 Å². The third kappa shape index (κ3) is 1.29. The van der Waals surface area contributed by atoms with E-state index in [2.05, 4.69) is 13.3 Å². The molecular weight excluding hydrogens is 122 g/mol. The van der Waals surface area contributed by atoms with Gasteiger partial charge in [0.05, 0.1) is 0 Å². The molecule has 1 nitrogen and oxygen atoms in total. The summed E-state index contributed by atoms with van der Waals surface area (Å²) in [5.41, 5.74) is 8.91. The Kier molecular flexibility index (Phi) is 1.95. The van der Waals surface area contributed by atoms with Gasteiger partial charge in [-0.3, -0.25) is 0 Å². The second-order valence-corrected chi connectivity index (χ2v) is 2.40. The van der Waals surface area contributed by atoms with Crippen molar-refractivity contribution in [3.05, 3.63) is 35.7 Å². The Bertz CT molecular complexity index is 228. The zero-order chi connectivity index (χ0) is 7.56. The summed E-state index contributed by atoms with van der Waals surface area (Å²) in [6, 6.07) is 5.93. The van der Waals surface area contributed by atoms with Crippen LogP contribution in [0.25, 0.3) is 0 Å². The maximum Gasteiger partial charge on any atom is 0.0317 e. The average molecular weight is 134 g/mol. The van der Waals surface area contributed by atoms with Gasteiger partial charge in [-0.25, -0.2) is 0 Å². The molecule has 10 heavy (non-hydrogen) atoms. The molecule has 0 fully saturated rings. The molecule has 0 bridgehead atoms. The van der Waals surface area contributed by atoms with Crippen LogP contribution in [0.3, 0.4) is 0 Å². The van der Waals surface area contributed by atoms with Gasteiger partial charge in [0, 0.05) is 5.69 Å². The Morgan fingerprint density at radius 2 is 2.10 bits per heavy atom. The molecule has 2 N–H and O–H groups in total. The van der Waals surface area contributed by atoms with Crippen molar-refractivity contribution in [2.45, 2.75) is 13.8 Å². The SMILES string of the molecule is C[CH]c1cc(N)ccc1C. The number of hydrogen-bond acceptors (Lipinski definition) is 1. The predicted octanol–water partition coefficient (Wildman–Crippen LogP) is 2.15. The lowest BCUT2D eigenvalue weighted by Crippen LogP contribution is -1.89. The van der Waals surface area contributed by atoms with Crippen LogP contribution in [-0.4, -0.2) is 0 Å². The van der Waals surface area contributed by atoms with Crippen LogP contribution in [0, 0.1) is 13.3 Å². The highest BCUT2D eigenvalue weighted by Crippen LogP contribution is 2.13. The summed E-state index contributed by atoms with van der Waals surface area (Å²) in [4.78, 5) is 0. The molecule has 1 rings (SSSR count). The van der Waals surface area contributed by atoms with Gasteiger partial charge in [0.15, 0.2) is 0 Å². The van der Waals surface area contributed by atoms with Crippen molar-refractivity contribution in [1.82, 2.24) is 0 Å². The number of anilines is 1. The molecular formula is C9H12N. The molecule has 0 saturated heterocycles. The molecule has 1 heteroatoms. The van der Waals surface area contributed by atoms with E-state index in [0.29, 0.717) is 0 Å². The summed E-state index contributed by atoms with van der Waals surface area (Å²) in [6.07, 6.45) is 2.06. The van der Waals surface area contributed by atoms with Crippen molar-refractivity contribution in [3.63, 3.8) is 0 Å². The van der Waals surface area contributed by atoms with E-state index >= 15 is 0 Å². The summed E-state index contributed by atoms with van der Waals surface area (Å²) in [6.45, 7) is 4.09. The monoisotopic (exact) mass is 134 g/mol. The maximum absolute atomic E-state index is 5.58. The van der Waals surface area contributed by atoms with Crippen LogP contribution < -0.4 is 5.73 Å². The van der Waals surface area contributed by atoms with Gasteiger partial charge in [-0.2, -0.15) is 0 Å². The summed E-state index contributed by atoms with van der Waals surface area (Å²) in [7, 11) is 0. The quantitative estimate of drug-likeness (QED) is 0.585. The highest BCUT2D eigenvalue weighted by Gasteiger charge is 1.94. The van der Waals surface area contributed by atoms with Gasteiger partial charge in [0.25, 0.3) is 0 Å². The Morgan fingerprint density at radius 1 is 1.40 bits per heavy atom. The molecule has 0 heterocycles. The zero-order valence-electron chi connectivity index (χ0n) is 6.39. The Labute approximate surface area is 61.9 Å². The minimum atomic E-state index is 0.832. The summed E-state index contributed by atoms with van der Waals surface area (Å²) >= 11 is 0. The van der Waals surface area contributed by atoms with E-state index in [1.807, 2.05) is 25.1 Å². The third-order valence-electron chi connectivity index (χ3n) is 1.61. The van der Waals surface area contributed by atoms with E-state index in [4.69, 9.17) is 5.73 Å². The topological polar surface area (TPSA) is 26.0 Å². The fourth-order valence-electron chi connectivity index (χ4n) is 0.970. The molecule has 1 radical (unpaired) electrons. The zero-order valence-corrected chi connectivity index (χ0v) is 6.39. The molecule has 53 valence electrons. The molecule has 0 atom stereocenters. The minimum absolute atomic E-state index is 0.832. The number of hydrogen-bond donors (Lipinski definition) is 1. The predicted molar refractivity (Wildman–Crippen MR) is 44.7 cm³/mol. The maximum atomic E-state index is 5.58. The molecule has 0 saturated carbocycles. The van der Waals surface area contributed by atoms with E-state index in [-0.39, 0.29) is 0 Å². The fourth-order valence-corrected chi connectivity index (χ4v) is 0.970. The highest BCUT2D eigenvalue weighted by atomic mass is 14.5. The normalized spacial score (nSPS) is 9.80. The van der Waals surface area contributed by atoms with Crippen LogP contribution in [0.4, 0.5) is 5.69 Å². The van der Waals surface area contributed by atoms with Gasteiger partial charge in [-0.15, -0.1) is 0 Å². The van der Waals surface area contributed by atoms with Gasteiger partial charge in [0.2, 0.25) is 0 Å². The third-order valence-corrected chi connectivity index (χ3v) is 1.61. The van der Waals surface area contributed by atoms with Gasteiger partial charge in [-0.05, 0) is 36.6 Å². The van der Waals surface area contributed by atoms with Crippen LogP contribution in [0.1, 0.15) is 18.1 Å². The number of rotatable bonds is 1. The van der Waals surface area contributed by atoms with E-state index in [0.717, 1.165) is 5.69 Å². The highest BCUT2D eigenvalue weighted by molar-refractivity contribution is 5.46. The van der Waals surface area contributed by atoms with Gasteiger partial charge >= 0.3 is 0 Å². The van der Waals surface area contributed by atoms with Crippen LogP contribution in [-0.2, 0) is 0 Å². The molecule has 0 unspecified atom stereocenters. The fraction of sp³-hybridized carbons (Fsp3) is 0.222. The van der Waals surface area contributed by atoms with Crippen molar-refractivity contribution in [3.8, 4) is 0 Å². The first kappa shape index (κ1) is 7.13. The van der Waals surface area contributed by atoms with Crippen molar-refractivity contribution in [2.24, 2.45) is 0 Å². The molecule has 0 aliphatic carbocycles. The van der Waals surface area contributed by atoms with Crippen LogP contribution in [0.15, 0.2) is 18.2 Å². The van der Waals surface area contributed by atoms with Crippen molar-refractivity contribution in [1.29, 1.82) is 0 Å². The first-order valence-electron chi connectivity index (χ1n) is 3.39. The van der Waals surface area contributed by atoms with Crippen molar-refractivity contribution < 1.29 is 0 Å². The van der Waals surface area contributed by atoms with E-state index in [9.17, 15) is 0 Å². The molecule has 1 aromatic carbocycles. The Balaban J connectivity index is 3.09. The Morgan fingerprint density at radius 3 is 2.60 bits per heavy atom. The van der Waals surface area contributed by atoms with Crippen LogP contribution in [0.2, 0.25) is 0 Å². The standard InChI is InChI=1S/C9H12N/c1-3-8-6-9(10)5-4-7(8)2/h3-6H,10H2,1-2H3. The van der Waals surface area contributed by atoms with E-state index in [1.54, 1.807) is 0 Å². The average Bonchev–Trinajstić information content (AvgIpc) is 1.94. The first-order chi connectivity index (χ1) is 4.74. The second kappa shape index (κ2) is 2.74. The summed E-state index contributed by atoms with van der Waals surface area (Å²) < 4.78 is 0. The van der Waals surface area contributed by atoms with Crippen molar-refractivity contribution >= 4 is 5.69 Å². The largest absolute Gasteiger partial charge is 0.399 e. The van der Waals surface area contributed by atoms with E-state index in [1.165, 1.54) is 11.1 Å². The Hall–Kier alpha value is -0.980. The minimum Gasteiger partial charge on any atom is -0.399 e. The van der Waals surface area contributed by atoms with Crippen LogP contribution in [0.5, 0.6) is 0 Å². The summed E-state index contributed by atoms with van der Waals surface area (Å²) in [5.74, 6) is 0.